The maximum absolute atomic E-state index is 6.45. The third-order valence-electron chi connectivity index (χ3n) is 9.24. The Morgan fingerprint density at radius 1 is 0.413 bits per heavy atom. The van der Waals surface area contributed by atoms with Gasteiger partial charge < -0.3 is 18.0 Å². The van der Waals surface area contributed by atoms with E-state index in [0.717, 1.165) is 99.0 Å². The second-order valence-electron chi connectivity index (χ2n) is 11.6. The van der Waals surface area contributed by atoms with Gasteiger partial charge in [-0.05, 0) is 78.9 Å². The van der Waals surface area contributed by atoms with Crippen LogP contribution in [0.3, 0.4) is 0 Å². The van der Waals surface area contributed by atoms with E-state index in [9.17, 15) is 0 Å². The SMILES string of the molecule is c1cnc2c3ccncc3n(-c3ccc4oc5cc6c(cc5c4c3)oc3ccc(-n4c5cnccc5c5ccncc54)cc36)c2c1. The predicted octanol–water partition coefficient (Wildman–Crippen LogP) is 9.26. The second-order valence-corrected chi connectivity index (χ2v) is 11.6. The summed E-state index contributed by atoms with van der Waals surface area (Å²) < 4.78 is 17.3. The van der Waals surface area contributed by atoms with Gasteiger partial charge in [-0.25, -0.2) is 0 Å². The van der Waals surface area contributed by atoms with Crippen LogP contribution in [0.15, 0.2) is 131 Å². The first-order valence-electron chi connectivity index (χ1n) is 15.0. The molecule has 0 atom stereocenters. The Kier molecular flexibility index (Phi) is 4.43. The number of aromatic nitrogens is 6. The monoisotopic (exact) mass is 592 g/mol. The highest BCUT2D eigenvalue weighted by molar-refractivity contribution is 6.16. The number of nitrogens with zero attached hydrogens (tertiary/aromatic N) is 6. The zero-order valence-electron chi connectivity index (χ0n) is 24.0. The van der Waals surface area contributed by atoms with E-state index in [1.54, 1.807) is 0 Å². The summed E-state index contributed by atoms with van der Waals surface area (Å²) in [6.07, 6.45) is 13.0. The highest BCUT2D eigenvalue weighted by Gasteiger charge is 2.18. The first-order valence-corrected chi connectivity index (χ1v) is 15.0. The van der Waals surface area contributed by atoms with Gasteiger partial charge in [0.1, 0.15) is 22.3 Å². The minimum absolute atomic E-state index is 0.809. The van der Waals surface area contributed by atoms with Crippen LogP contribution in [0, 0.1) is 0 Å². The van der Waals surface area contributed by atoms with Gasteiger partial charge >= 0.3 is 0 Å². The van der Waals surface area contributed by atoms with E-state index in [0.29, 0.717) is 0 Å². The number of hydrogen-bond acceptors (Lipinski definition) is 6. The molecular weight excluding hydrogens is 572 g/mol. The minimum atomic E-state index is 0.809. The highest BCUT2D eigenvalue weighted by Crippen LogP contribution is 2.40. The summed E-state index contributed by atoms with van der Waals surface area (Å²) in [6, 6.07) is 27.0. The van der Waals surface area contributed by atoms with E-state index in [4.69, 9.17) is 8.83 Å². The van der Waals surface area contributed by atoms with Crippen molar-refractivity contribution in [3.05, 3.63) is 122 Å². The molecule has 3 aromatic carbocycles. The van der Waals surface area contributed by atoms with Gasteiger partial charge in [0.05, 0.1) is 46.2 Å². The normalized spacial score (nSPS) is 12.3. The molecule has 11 aromatic rings. The van der Waals surface area contributed by atoms with Gasteiger partial charge in [0.2, 0.25) is 0 Å². The Balaban J connectivity index is 1.13. The lowest BCUT2D eigenvalue weighted by Crippen LogP contribution is -1.94. The fraction of sp³-hybridized carbons (Fsp3) is 0. The number of fused-ring (bicyclic) bond motifs is 12. The van der Waals surface area contributed by atoms with Crippen molar-refractivity contribution in [2.45, 2.75) is 0 Å². The molecule has 0 aliphatic rings. The third-order valence-corrected chi connectivity index (χ3v) is 9.24. The van der Waals surface area contributed by atoms with Crippen LogP contribution in [0.25, 0.3) is 99.0 Å². The molecule has 0 aliphatic heterocycles. The molecule has 0 N–H and O–H groups in total. The molecule has 11 rings (SSSR count). The van der Waals surface area contributed by atoms with E-state index >= 15 is 0 Å². The number of rotatable bonds is 2. The summed E-state index contributed by atoms with van der Waals surface area (Å²) in [4.78, 5) is 17.9. The van der Waals surface area contributed by atoms with Crippen molar-refractivity contribution in [3.8, 4) is 11.4 Å². The molecule has 214 valence electrons. The molecule has 0 amide bonds. The van der Waals surface area contributed by atoms with Crippen LogP contribution in [0.2, 0.25) is 0 Å². The summed E-state index contributed by atoms with van der Waals surface area (Å²) in [5.41, 5.74) is 10.3. The van der Waals surface area contributed by atoms with E-state index in [2.05, 4.69) is 83.7 Å². The largest absolute Gasteiger partial charge is 0.456 e. The number of benzene rings is 3. The smallest absolute Gasteiger partial charge is 0.136 e. The lowest BCUT2D eigenvalue weighted by Gasteiger charge is -2.07. The van der Waals surface area contributed by atoms with Crippen molar-refractivity contribution in [2.24, 2.45) is 0 Å². The van der Waals surface area contributed by atoms with Gasteiger partial charge in [-0.1, -0.05) is 0 Å². The number of hydrogen-bond donors (Lipinski definition) is 0. The average Bonchev–Trinajstić information content (AvgIpc) is 3.84. The molecule has 8 nitrogen and oxygen atoms in total. The van der Waals surface area contributed by atoms with Gasteiger partial charge in [-0.15, -0.1) is 0 Å². The molecule has 46 heavy (non-hydrogen) atoms. The quantitative estimate of drug-likeness (QED) is 0.199. The molecule has 0 fully saturated rings. The molecule has 0 spiro atoms. The van der Waals surface area contributed by atoms with Gasteiger partial charge in [0.15, 0.2) is 0 Å². The topological polar surface area (TPSA) is 87.7 Å². The predicted molar refractivity (Wildman–Crippen MR) is 181 cm³/mol. The molecule has 0 aliphatic carbocycles. The molecule has 0 unspecified atom stereocenters. The van der Waals surface area contributed by atoms with Crippen LogP contribution in [0.4, 0.5) is 0 Å². The molecule has 0 radical (unpaired) electrons. The summed E-state index contributed by atoms with van der Waals surface area (Å²) in [7, 11) is 0. The highest BCUT2D eigenvalue weighted by atomic mass is 16.3. The number of pyridine rings is 4. The summed E-state index contributed by atoms with van der Waals surface area (Å²) >= 11 is 0. The average molecular weight is 593 g/mol. The Morgan fingerprint density at radius 2 is 0.913 bits per heavy atom. The van der Waals surface area contributed by atoms with Gasteiger partial charge in [-0.3, -0.25) is 19.9 Å². The Morgan fingerprint density at radius 3 is 1.50 bits per heavy atom. The van der Waals surface area contributed by atoms with Crippen molar-refractivity contribution in [3.63, 3.8) is 0 Å². The molecule has 8 heteroatoms. The van der Waals surface area contributed by atoms with E-state index in [1.165, 1.54) is 0 Å². The Bertz CT molecular complexity index is 2740. The van der Waals surface area contributed by atoms with Crippen LogP contribution < -0.4 is 0 Å². The van der Waals surface area contributed by atoms with Gasteiger partial charge in [0.25, 0.3) is 0 Å². The van der Waals surface area contributed by atoms with E-state index in [1.807, 2.05) is 67.6 Å². The summed E-state index contributed by atoms with van der Waals surface area (Å²) in [5.74, 6) is 0. The molecule has 8 aromatic heterocycles. The minimum Gasteiger partial charge on any atom is -0.456 e. The standard InChI is InChI=1S/C38H20N6O2/c1-2-30-38(42-10-1)25-9-13-41-20-33(25)43(30)21-3-5-34-26(14-21)28-16-37-29(17-36(28)45-34)27-15-22(4-6-35(27)46-37)44-31-18-39-11-7-23(31)24-8-12-40-19-32(24)44/h1-20H. The Labute approximate surface area is 258 Å². The van der Waals surface area contributed by atoms with Crippen molar-refractivity contribution in [2.75, 3.05) is 0 Å². The lowest BCUT2D eigenvalue weighted by atomic mass is 10.1. The molecule has 0 saturated carbocycles. The zero-order chi connectivity index (χ0) is 29.9. The number of furan rings is 2. The molecule has 0 saturated heterocycles. The van der Waals surface area contributed by atoms with Crippen molar-refractivity contribution in [1.29, 1.82) is 0 Å². The van der Waals surface area contributed by atoms with Crippen molar-refractivity contribution >= 4 is 87.6 Å². The maximum Gasteiger partial charge on any atom is 0.136 e. The van der Waals surface area contributed by atoms with Crippen LogP contribution in [0.1, 0.15) is 0 Å². The van der Waals surface area contributed by atoms with Crippen molar-refractivity contribution < 1.29 is 8.83 Å². The fourth-order valence-electron chi connectivity index (χ4n) is 7.25. The van der Waals surface area contributed by atoms with Crippen LogP contribution >= 0.6 is 0 Å². The Hall–Kier alpha value is -6.54. The van der Waals surface area contributed by atoms with Gasteiger partial charge in [0, 0.05) is 73.9 Å². The maximum atomic E-state index is 6.45. The molecule has 8 heterocycles. The zero-order valence-corrected chi connectivity index (χ0v) is 24.0. The third kappa shape index (κ3) is 3.07. The summed E-state index contributed by atoms with van der Waals surface area (Å²) in [6.45, 7) is 0. The molecule has 0 bridgehead atoms. The first-order chi connectivity index (χ1) is 22.8. The second kappa shape index (κ2) is 8.55. The van der Waals surface area contributed by atoms with Crippen LogP contribution in [0.5, 0.6) is 0 Å². The lowest BCUT2D eigenvalue weighted by molar-refractivity contribution is 0.664. The van der Waals surface area contributed by atoms with Gasteiger partial charge in [-0.2, -0.15) is 0 Å². The van der Waals surface area contributed by atoms with E-state index in [-0.39, 0.29) is 0 Å². The van der Waals surface area contributed by atoms with E-state index < -0.39 is 0 Å². The first kappa shape index (κ1) is 23.9. The van der Waals surface area contributed by atoms with Crippen LogP contribution in [-0.2, 0) is 0 Å². The van der Waals surface area contributed by atoms with Crippen molar-refractivity contribution in [1.82, 2.24) is 29.1 Å². The molecular formula is C38H20N6O2. The fourth-order valence-corrected chi connectivity index (χ4v) is 7.25. The summed E-state index contributed by atoms with van der Waals surface area (Å²) in [5, 5.41) is 7.38. The van der Waals surface area contributed by atoms with Crippen LogP contribution in [-0.4, -0.2) is 29.1 Å².